The second kappa shape index (κ2) is 5.50. The number of likely N-dealkylation sites (tertiary alicyclic amines) is 1. The Morgan fingerprint density at radius 1 is 1.30 bits per heavy atom. The highest BCUT2D eigenvalue weighted by Crippen LogP contribution is 2.28. The van der Waals surface area contributed by atoms with Crippen molar-refractivity contribution in [1.82, 2.24) is 20.1 Å². The van der Waals surface area contributed by atoms with E-state index in [2.05, 4.69) is 39.4 Å². The van der Waals surface area contributed by atoms with E-state index < -0.39 is 0 Å². The molecule has 1 aliphatic heterocycles. The van der Waals surface area contributed by atoms with Crippen molar-refractivity contribution in [1.29, 1.82) is 0 Å². The molecule has 0 bridgehead atoms. The summed E-state index contributed by atoms with van der Waals surface area (Å²) < 4.78 is 0. The molecular formula is C18H18N4O. The molecule has 116 valence electrons. The van der Waals surface area contributed by atoms with E-state index in [1.54, 1.807) is 6.20 Å². The first-order valence-electron chi connectivity index (χ1n) is 7.87. The lowest BCUT2D eigenvalue weighted by Gasteiger charge is -2.16. The van der Waals surface area contributed by atoms with Crippen LogP contribution in [-0.4, -0.2) is 39.1 Å². The third-order valence-electron chi connectivity index (χ3n) is 4.59. The van der Waals surface area contributed by atoms with Crippen molar-refractivity contribution in [3.63, 3.8) is 0 Å². The highest BCUT2D eigenvalue weighted by atomic mass is 16.2. The van der Waals surface area contributed by atoms with Gasteiger partial charge in [0.25, 0.3) is 5.91 Å². The van der Waals surface area contributed by atoms with E-state index in [0.29, 0.717) is 17.1 Å². The van der Waals surface area contributed by atoms with Gasteiger partial charge in [0.15, 0.2) is 5.65 Å². The summed E-state index contributed by atoms with van der Waals surface area (Å²) in [6, 6.07) is 12.3. The summed E-state index contributed by atoms with van der Waals surface area (Å²) in [6.45, 7) is 3.50. The van der Waals surface area contributed by atoms with E-state index in [9.17, 15) is 4.79 Å². The van der Waals surface area contributed by atoms with Crippen molar-refractivity contribution in [3.8, 4) is 0 Å². The molecule has 2 aromatic heterocycles. The van der Waals surface area contributed by atoms with E-state index in [1.165, 1.54) is 5.56 Å². The van der Waals surface area contributed by atoms with Gasteiger partial charge in [0.1, 0.15) is 0 Å². The van der Waals surface area contributed by atoms with E-state index in [1.807, 2.05) is 24.0 Å². The number of pyridine rings is 1. The Hall–Kier alpha value is -2.69. The van der Waals surface area contributed by atoms with Crippen LogP contribution in [0.2, 0.25) is 0 Å². The SMILES string of the molecule is Cc1[nH]nc2ncc(C(=O)N3CCC(c4ccccc4)C3)cc12. The van der Waals surface area contributed by atoms with Crippen molar-refractivity contribution in [2.45, 2.75) is 19.3 Å². The summed E-state index contributed by atoms with van der Waals surface area (Å²) in [6.07, 6.45) is 2.64. The summed E-state index contributed by atoms with van der Waals surface area (Å²) in [5.41, 5.74) is 3.53. The third kappa shape index (κ3) is 2.48. The lowest BCUT2D eigenvalue weighted by atomic mass is 9.99. The molecule has 1 unspecified atom stereocenters. The lowest BCUT2D eigenvalue weighted by molar-refractivity contribution is 0.0790. The minimum Gasteiger partial charge on any atom is -0.338 e. The maximum absolute atomic E-state index is 12.8. The van der Waals surface area contributed by atoms with Crippen molar-refractivity contribution < 1.29 is 4.79 Å². The molecule has 1 N–H and O–H groups in total. The molecule has 23 heavy (non-hydrogen) atoms. The molecule has 1 saturated heterocycles. The molecule has 1 amide bonds. The van der Waals surface area contributed by atoms with Crippen LogP contribution in [-0.2, 0) is 0 Å². The third-order valence-corrected chi connectivity index (χ3v) is 4.59. The molecule has 1 aromatic carbocycles. The smallest absolute Gasteiger partial charge is 0.255 e. The second-order valence-corrected chi connectivity index (χ2v) is 6.09. The topological polar surface area (TPSA) is 61.9 Å². The number of aromatic amines is 1. The summed E-state index contributed by atoms with van der Waals surface area (Å²) in [4.78, 5) is 19.0. The fraction of sp³-hybridized carbons (Fsp3) is 0.278. The van der Waals surface area contributed by atoms with Crippen LogP contribution < -0.4 is 0 Å². The summed E-state index contributed by atoms with van der Waals surface area (Å²) >= 11 is 0. The fourth-order valence-corrected chi connectivity index (χ4v) is 3.26. The Labute approximate surface area is 134 Å². The van der Waals surface area contributed by atoms with Gasteiger partial charge in [-0.15, -0.1) is 0 Å². The van der Waals surface area contributed by atoms with Crippen LogP contribution >= 0.6 is 0 Å². The Morgan fingerprint density at radius 3 is 2.96 bits per heavy atom. The molecule has 5 heteroatoms. The highest BCUT2D eigenvalue weighted by molar-refractivity contribution is 5.97. The van der Waals surface area contributed by atoms with Crippen LogP contribution in [0.5, 0.6) is 0 Å². The number of fused-ring (bicyclic) bond motifs is 1. The number of hydrogen-bond acceptors (Lipinski definition) is 3. The van der Waals surface area contributed by atoms with E-state index in [4.69, 9.17) is 0 Å². The standard InChI is InChI=1S/C18H18N4O/c1-12-16-9-15(10-19-17(16)21-20-12)18(23)22-8-7-14(11-22)13-5-3-2-4-6-13/h2-6,9-10,14H,7-8,11H2,1H3,(H,19,20,21). The summed E-state index contributed by atoms with van der Waals surface area (Å²) in [5.74, 6) is 0.478. The Balaban J connectivity index is 1.56. The Morgan fingerprint density at radius 2 is 2.13 bits per heavy atom. The van der Waals surface area contributed by atoms with E-state index in [0.717, 1.165) is 30.6 Å². The molecule has 0 aliphatic carbocycles. The minimum atomic E-state index is 0.0541. The minimum absolute atomic E-state index is 0.0541. The van der Waals surface area contributed by atoms with Crippen molar-refractivity contribution in [2.75, 3.05) is 13.1 Å². The van der Waals surface area contributed by atoms with Crippen molar-refractivity contribution in [2.24, 2.45) is 0 Å². The van der Waals surface area contributed by atoms with Gasteiger partial charge in [-0.3, -0.25) is 9.89 Å². The van der Waals surface area contributed by atoms with Gasteiger partial charge in [-0.05, 0) is 25.0 Å². The molecule has 3 heterocycles. The van der Waals surface area contributed by atoms with Gasteiger partial charge in [0.05, 0.1) is 5.56 Å². The number of H-pyrrole nitrogens is 1. The lowest BCUT2D eigenvalue weighted by Crippen LogP contribution is -2.28. The predicted molar refractivity (Wildman–Crippen MR) is 88.3 cm³/mol. The zero-order valence-electron chi connectivity index (χ0n) is 13.0. The first-order chi connectivity index (χ1) is 11.2. The van der Waals surface area contributed by atoms with Crippen molar-refractivity contribution in [3.05, 3.63) is 59.4 Å². The van der Waals surface area contributed by atoms with Gasteiger partial charge in [-0.2, -0.15) is 5.10 Å². The highest BCUT2D eigenvalue weighted by Gasteiger charge is 2.28. The maximum atomic E-state index is 12.8. The molecule has 1 fully saturated rings. The Bertz CT molecular complexity index is 856. The number of rotatable bonds is 2. The number of amides is 1. The molecule has 0 saturated carbocycles. The zero-order chi connectivity index (χ0) is 15.8. The van der Waals surface area contributed by atoms with E-state index >= 15 is 0 Å². The molecule has 1 atom stereocenters. The number of carbonyl (C=O) groups is 1. The number of aryl methyl sites for hydroxylation is 1. The van der Waals surface area contributed by atoms with Crippen molar-refractivity contribution >= 4 is 16.9 Å². The predicted octanol–water partition coefficient (Wildman–Crippen LogP) is 2.90. The molecule has 1 aliphatic rings. The summed E-state index contributed by atoms with van der Waals surface area (Å²) in [5, 5.41) is 7.92. The van der Waals surface area contributed by atoms with Crippen LogP contribution in [0.3, 0.4) is 0 Å². The average Bonchev–Trinajstić information content (AvgIpc) is 3.22. The van der Waals surface area contributed by atoms with Crippen LogP contribution in [0.25, 0.3) is 11.0 Å². The molecule has 0 radical (unpaired) electrons. The second-order valence-electron chi connectivity index (χ2n) is 6.09. The van der Waals surface area contributed by atoms with Crippen LogP contribution in [0, 0.1) is 6.92 Å². The average molecular weight is 306 g/mol. The normalized spacial score (nSPS) is 17.8. The molecule has 3 aromatic rings. The molecule has 0 spiro atoms. The first kappa shape index (κ1) is 13.9. The quantitative estimate of drug-likeness (QED) is 0.792. The first-order valence-corrected chi connectivity index (χ1v) is 7.87. The van der Waals surface area contributed by atoms with E-state index in [-0.39, 0.29) is 5.91 Å². The number of aromatic nitrogens is 3. The number of benzene rings is 1. The number of nitrogens with zero attached hydrogens (tertiary/aromatic N) is 3. The van der Waals surface area contributed by atoms with Gasteiger partial charge >= 0.3 is 0 Å². The van der Waals surface area contributed by atoms with Crippen LogP contribution in [0.1, 0.15) is 34.0 Å². The molecule has 4 rings (SSSR count). The Kier molecular flexibility index (Phi) is 3.33. The van der Waals surface area contributed by atoms with Gasteiger partial charge in [0, 0.05) is 36.3 Å². The van der Waals surface area contributed by atoms with Crippen LogP contribution in [0.4, 0.5) is 0 Å². The number of carbonyl (C=O) groups excluding carboxylic acids is 1. The monoisotopic (exact) mass is 306 g/mol. The molecular weight excluding hydrogens is 288 g/mol. The number of hydrogen-bond donors (Lipinski definition) is 1. The van der Waals surface area contributed by atoms with Gasteiger partial charge < -0.3 is 4.90 Å². The largest absolute Gasteiger partial charge is 0.338 e. The van der Waals surface area contributed by atoms with Gasteiger partial charge in [-0.1, -0.05) is 30.3 Å². The molecule has 5 nitrogen and oxygen atoms in total. The fourth-order valence-electron chi connectivity index (χ4n) is 3.26. The maximum Gasteiger partial charge on any atom is 0.255 e. The summed E-state index contributed by atoms with van der Waals surface area (Å²) in [7, 11) is 0. The van der Waals surface area contributed by atoms with Gasteiger partial charge in [0.2, 0.25) is 0 Å². The number of nitrogens with one attached hydrogen (secondary N) is 1. The van der Waals surface area contributed by atoms with Crippen LogP contribution in [0.15, 0.2) is 42.6 Å². The van der Waals surface area contributed by atoms with Gasteiger partial charge in [-0.25, -0.2) is 4.98 Å². The zero-order valence-corrected chi connectivity index (χ0v) is 13.0.